The number of hydrogen-bond donors (Lipinski definition) is 1. The zero-order valence-electron chi connectivity index (χ0n) is 11.9. The Kier molecular flexibility index (Phi) is 6.57. The minimum Gasteiger partial charge on any atom is -0.317 e. The molecule has 19 heavy (non-hydrogen) atoms. The summed E-state index contributed by atoms with van der Waals surface area (Å²) < 4.78 is 23.4. The summed E-state index contributed by atoms with van der Waals surface area (Å²) in [5.74, 6) is 0.686. The van der Waals surface area contributed by atoms with Gasteiger partial charge in [0.15, 0.2) is 9.84 Å². The predicted octanol–water partition coefficient (Wildman–Crippen LogP) is 1.31. The van der Waals surface area contributed by atoms with Crippen molar-refractivity contribution in [2.24, 2.45) is 5.41 Å². The second-order valence-electron chi connectivity index (χ2n) is 5.93. The lowest BCUT2D eigenvalue weighted by molar-refractivity contribution is 0.200. The summed E-state index contributed by atoms with van der Waals surface area (Å²) in [4.78, 5) is 2.36. The number of piperidine rings is 1. The predicted molar refractivity (Wildman–Crippen MR) is 81.8 cm³/mol. The topological polar surface area (TPSA) is 49.4 Å². The van der Waals surface area contributed by atoms with Crippen molar-refractivity contribution in [3.05, 3.63) is 0 Å². The van der Waals surface area contributed by atoms with Gasteiger partial charge < -0.3 is 10.2 Å². The lowest BCUT2D eigenvalue weighted by Crippen LogP contribution is -2.39. The molecule has 0 aromatic carbocycles. The third-order valence-electron chi connectivity index (χ3n) is 4.42. The van der Waals surface area contributed by atoms with E-state index in [4.69, 9.17) is 0 Å². The molecule has 0 aliphatic carbocycles. The molecule has 2 rings (SSSR count). The fourth-order valence-electron chi connectivity index (χ4n) is 3.27. The van der Waals surface area contributed by atoms with Crippen molar-refractivity contribution in [1.82, 2.24) is 10.2 Å². The van der Waals surface area contributed by atoms with E-state index < -0.39 is 9.84 Å². The lowest BCUT2D eigenvalue weighted by Gasteiger charge is -2.33. The standard InChI is InChI=1S/C13H26N2O2S.ClH/c1-2-10-18(16,17)11-9-15-8-5-13(12-15)3-6-14-7-4-13;/h14H,2-12H2,1H3;1H. The summed E-state index contributed by atoms with van der Waals surface area (Å²) in [5.41, 5.74) is 0.486. The van der Waals surface area contributed by atoms with E-state index in [1.165, 1.54) is 19.3 Å². The first-order chi connectivity index (χ1) is 8.55. The first-order valence-corrected chi connectivity index (χ1v) is 9.01. The van der Waals surface area contributed by atoms with Gasteiger partial charge in [-0.2, -0.15) is 0 Å². The molecular weight excluding hydrogens is 284 g/mol. The molecule has 2 aliphatic rings. The molecule has 4 nitrogen and oxygen atoms in total. The molecule has 2 fully saturated rings. The van der Waals surface area contributed by atoms with Gasteiger partial charge in [0.25, 0.3) is 0 Å². The summed E-state index contributed by atoms with van der Waals surface area (Å²) in [5, 5.41) is 3.41. The zero-order chi connectivity index (χ0) is 13.1. The molecule has 0 unspecified atom stereocenters. The Morgan fingerprint density at radius 2 is 1.84 bits per heavy atom. The molecule has 6 heteroatoms. The molecular formula is C13H27ClN2O2S. The van der Waals surface area contributed by atoms with Crippen LogP contribution in [0.25, 0.3) is 0 Å². The van der Waals surface area contributed by atoms with E-state index in [9.17, 15) is 8.42 Å². The average Bonchev–Trinajstić information content (AvgIpc) is 2.71. The minimum absolute atomic E-state index is 0. The molecule has 0 saturated carbocycles. The van der Waals surface area contributed by atoms with Gasteiger partial charge in [0.1, 0.15) is 0 Å². The minimum atomic E-state index is -2.82. The Balaban J connectivity index is 0.00000180. The molecule has 0 aromatic heterocycles. The van der Waals surface area contributed by atoms with E-state index in [1.807, 2.05) is 6.92 Å². The highest BCUT2D eigenvalue weighted by atomic mass is 35.5. The van der Waals surface area contributed by atoms with Crippen molar-refractivity contribution in [3.63, 3.8) is 0 Å². The fourth-order valence-corrected chi connectivity index (χ4v) is 4.63. The molecule has 0 radical (unpaired) electrons. The highest BCUT2D eigenvalue weighted by molar-refractivity contribution is 7.91. The number of nitrogens with one attached hydrogen (secondary N) is 1. The van der Waals surface area contributed by atoms with Gasteiger partial charge in [0.05, 0.1) is 5.75 Å². The summed E-state index contributed by atoms with van der Waals surface area (Å²) in [7, 11) is -2.82. The van der Waals surface area contributed by atoms with Crippen LogP contribution in [0.3, 0.4) is 0 Å². The van der Waals surface area contributed by atoms with Crippen LogP contribution in [-0.4, -0.2) is 57.5 Å². The van der Waals surface area contributed by atoms with Gasteiger partial charge in [0.2, 0.25) is 0 Å². The van der Waals surface area contributed by atoms with Crippen molar-refractivity contribution in [1.29, 1.82) is 0 Å². The number of likely N-dealkylation sites (tertiary alicyclic amines) is 1. The van der Waals surface area contributed by atoms with Crippen molar-refractivity contribution < 1.29 is 8.42 Å². The van der Waals surface area contributed by atoms with E-state index in [0.29, 0.717) is 16.9 Å². The molecule has 1 spiro atoms. The van der Waals surface area contributed by atoms with Crippen LogP contribution in [0, 0.1) is 5.41 Å². The van der Waals surface area contributed by atoms with Gasteiger partial charge in [-0.15, -0.1) is 12.4 Å². The van der Waals surface area contributed by atoms with E-state index in [2.05, 4.69) is 10.2 Å². The zero-order valence-corrected chi connectivity index (χ0v) is 13.5. The van der Waals surface area contributed by atoms with Gasteiger partial charge in [0, 0.05) is 18.8 Å². The van der Waals surface area contributed by atoms with Crippen LogP contribution in [0.15, 0.2) is 0 Å². The summed E-state index contributed by atoms with van der Waals surface area (Å²) in [6, 6.07) is 0. The Labute approximate surface area is 123 Å². The molecule has 0 atom stereocenters. The van der Waals surface area contributed by atoms with Gasteiger partial charge in [-0.05, 0) is 50.7 Å². The first-order valence-electron chi connectivity index (χ1n) is 7.19. The first kappa shape index (κ1) is 17.2. The van der Waals surface area contributed by atoms with Gasteiger partial charge >= 0.3 is 0 Å². The van der Waals surface area contributed by atoms with Crippen LogP contribution < -0.4 is 5.32 Å². The number of hydrogen-bond acceptors (Lipinski definition) is 4. The molecule has 2 heterocycles. The van der Waals surface area contributed by atoms with Gasteiger partial charge in [-0.1, -0.05) is 6.92 Å². The maximum absolute atomic E-state index is 11.7. The quantitative estimate of drug-likeness (QED) is 0.832. The molecule has 2 saturated heterocycles. The molecule has 0 bridgehead atoms. The highest BCUT2D eigenvalue weighted by Crippen LogP contribution is 2.38. The van der Waals surface area contributed by atoms with E-state index in [0.717, 1.165) is 39.1 Å². The second-order valence-corrected chi connectivity index (χ2v) is 8.23. The van der Waals surface area contributed by atoms with Crippen LogP contribution in [0.2, 0.25) is 0 Å². The Morgan fingerprint density at radius 3 is 2.47 bits per heavy atom. The molecule has 0 aromatic rings. The van der Waals surface area contributed by atoms with E-state index in [-0.39, 0.29) is 12.4 Å². The third-order valence-corrected chi connectivity index (χ3v) is 6.25. The SMILES string of the molecule is CCCS(=O)(=O)CCN1CCC2(CCNCC2)C1.Cl. The average molecular weight is 311 g/mol. The van der Waals surface area contributed by atoms with Crippen LogP contribution in [0.5, 0.6) is 0 Å². The Hall–Kier alpha value is 0.160. The van der Waals surface area contributed by atoms with Crippen LogP contribution >= 0.6 is 12.4 Å². The maximum atomic E-state index is 11.7. The van der Waals surface area contributed by atoms with Crippen LogP contribution in [0.1, 0.15) is 32.6 Å². The summed E-state index contributed by atoms with van der Waals surface area (Å²) in [6.07, 6.45) is 4.50. The van der Waals surface area contributed by atoms with Crippen molar-refractivity contribution in [2.75, 3.05) is 44.2 Å². The van der Waals surface area contributed by atoms with Crippen molar-refractivity contribution >= 4 is 22.2 Å². The number of sulfone groups is 1. The number of nitrogens with zero attached hydrogens (tertiary/aromatic N) is 1. The van der Waals surface area contributed by atoms with Crippen LogP contribution in [-0.2, 0) is 9.84 Å². The largest absolute Gasteiger partial charge is 0.317 e. The highest BCUT2D eigenvalue weighted by Gasteiger charge is 2.38. The van der Waals surface area contributed by atoms with Crippen molar-refractivity contribution in [2.45, 2.75) is 32.6 Å². The van der Waals surface area contributed by atoms with Gasteiger partial charge in [-0.25, -0.2) is 8.42 Å². The van der Waals surface area contributed by atoms with Crippen LogP contribution in [0.4, 0.5) is 0 Å². The van der Waals surface area contributed by atoms with Crippen molar-refractivity contribution in [3.8, 4) is 0 Å². The normalized spacial score (nSPS) is 23.4. The number of rotatable bonds is 5. The Bertz CT molecular complexity index is 367. The Morgan fingerprint density at radius 1 is 1.16 bits per heavy atom. The number of halogens is 1. The second kappa shape index (κ2) is 7.25. The fraction of sp³-hybridized carbons (Fsp3) is 1.00. The third kappa shape index (κ3) is 4.88. The molecule has 0 amide bonds. The van der Waals surface area contributed by atoms with Gasteiger partial charge in [-0.3, -0.25) is 0 Å². The maximum Gasteiger partial charge on any atom is 0.151 e. The van der Waals surface area contributed by atoms with E-state index in [1.54, 1.807) is 0 Å². The smallest absolute Gasteiger partial charge is 0.151 e. The molecule has 2 aliphatic heterocycles. The monoisotopic (exact) mass is 310 g/mol. The summed E-state index contributed by atoms with van der Waals surface area (Å²) in [6.45, 7) is 7.11. The molecule has 1 N–H and O–H groups in total. The summed E-state index contributed by atoms with van der Waals surface area (Å²) >= 11 is 0. The van der Waals surface area contributed by atoms with E-state index >= 15 is 0 Å². The molecule has 114 valence electrons. The lowest BCUT2D eigenvalue weighted by atomic mass is 9.78.